The second kappa shape index (κ2) is 10.2. The Kier molecular flexibility index (Phi) is 6.79. The molecule has 200 valence electrons. The number of fused-ring (bicyclic) bond motifs is 1. The summed E-state index contributed by atoms with van der Waals surface area (Å²) in [7, 11) is 0. The highest BCUT2D eigenvalue weighted by Gasteiger charge is 2.51. The lowest BCUT2D eigenvalue weighted by Gasteiger charge is -2.57. The topological polar surface area (TPSA) is 74.0 Å². The molecule has 1 aromatic heterocycles. The minimum atomic E-state index is -0.642. The molecule has 7 rings (SSSR count). The molecule has 4 saturated carbocycles. The summed E-state index contributed by atoms with van der Waals surface area (Å²) in [4.78, 5) is 29.9. The molecule has 4 aliphatic rings. The van der Waals surface area contributed by atoms with Crippen molar-refractivity contribution in [1.82, 2.24) is 15.6 Å². The fourth-order valence-electron chi connectivity index (χ4n) is 8.02. The highest BCUT2D eigenvalue weighted by molar-refractivity contribution is 5.98. The monoisotopic (exact) mass is 511 g/mol. The van der Waals surface area contributed by atoms with E-state index in [9.17, 15) is 9.59 Å². The van der Waals surface area contributed by atoms with Gasteiger partial charge in [0.1, 0.15) is 6.04 Å². The molecule has 4 aliphatic carbocycles. The van der Waals surface area contributed by atoms with Gasteiger partial charge in [0.05, 0.1) is 0 Å². The lowest BCUT2D eigenvalue weighted by atomic mass is 9.48. The van der Waals surface area contributed by atoms with Crippen LogP contribution in [-0.2, 0) is 16.6 Å². The highest BCUT2D eigenvalue weighted by Crippen LogP contribution is 2.60. The van der Waals surface area contributed by atoms with Gasteiger partial charge >= 0.3 is 0 Å². The number of hydrogen-bond donors (Lipinski definition) is 3. The molecule has 0 radical (unpaired) electrons. The van der Waals surface area contributed by atoms with Crippen molar-refractivity contribution in [3.63, 3.8) is 0 Å². The van der Waals surface area contributed by atoms with Crippen molar-refractivity contribution in [2.45, 2.75) is 76.7 Å². The Morgan fingerprint density at radius 1 is 0.947 bits per heavy atom. The van der Waals surface area contributed by atoms with Crippen molar-refractivity contribution in [2.24, 2.45) is 23.7 Å². The van der Waals surface area contributed by atoms with Crippen molar-refractivity contribution in [1.29, 1.82) is 0 Å². The number of rotatable bonds is 9. The van der Waals surface area contributed by atoms with Gasteiger partial charge in [0, 0.05) is 35.6 Å². The highest BCUT2D eigenvalue weighted by atomic mass is 16.2. The van der Waals surface area contributed by atoms with Gasteiger partial charge in [-0.1, -0.05) is 44.2 Å². The summed E-state index contributed by atoms with van der Waals surface area (Å²) < 4.78 is 0. The zero-order valence-corrected chi connectivity index (χ0v) is 22.8. The predicted molar refractivity (Wildman–Crippen MR) is 152 cm³/mol. The van der Waals surface area contributed by atoms with Gasteiger partial charge in [-0.25, -0.2) is 0 Å². The molecule has 2 amide bonds. The summed E-state index contributed by atoms with van der Waals surface area (Å²) in [6, 6.07) is 15.8. The second-order valence-corrected chi connectivity index (χ2v) is 12.8. The number of benzene rings is 2. The van der Waals surface area contributed by atoms with Gasteiger partial charge in [-0.15, -0.1) is 0 Å². The third-order valence-corrected chi connectivity index (χ3v) is 9.54. The van der Waals surface area contributed by atoms with Crippen LogP contribution in [0, 0.1) is 23.7 Å². The molecule has 5 heteroatoms. The number of hydrogen-bond acceptors (Lipinski definition) is 2. The molecular formula is C33H41N3O2. The van der Waals surface area contributed by atoms with Gasteiger partial charge in [-0.3, -0.25) is 9.59 Å². The van der Waals surface area contributed by atoms with E-state index < -0.39 is 6.04 Å². The van der Waals surface area contributed by atoms with Gasteiger partial charge in [0.25, 0.3) is 5.91 Å². The minimum Gasteiger partial charge on any atom is -0.361 e. The first-order valence-electron chi connectivity index (χ1n) is 14.6. The zero-order chi connectivity index (χ0) is 26.3. The number of aromatic nitrogens is 1. The van der Waals surface area contributed by atoms with Crippen molar-refractivity contribution in [3.05, 3.63) is 71.4 Å². The first kappa shape index (κ1) is 25.2. The van der Waals surface area contributed by atoms with Crippen molar-refractivity contribution in [3.8, 4) is 0 Å². The summed E-state index contributed by atoms with van der Waals surface area (Å²) >= 11 is 0. The van der Waals surface area contributed by atoms with Gasteiger partial charge < -0.3 is 15.6 Å². The third-order valence-electron chi connectivity index (χ3n) is 9.54. The number of para-hydroxylation sites is 1. The molecule has 4 bridgehead atoms. The molecule has 3 N–H and O–H groups in total. The van der Waals surface area contributed by atoms with Crippen LogP contribution in [0.2, 0.25) is 0 Å². The average molecular weight is 512 g/mol. The van der Waals surface area contributed by atoms with E-state index in [0.29, 0.717) is 29.9 Å². The van der Waals surface area contributed by atoms with Crippen LogP contribution in [0.4, 0.5) is 0 Å². The Bertz CT molecular complexity index is 1270. The lowest BCUT2D eigenvalue weighted by molar-refractivity contribution is -0.123. The van der Waals surface area contributed by atoms with E-state index >= 15 is 0 Å². The van der Waals surface area contributed by atoms with E-state index in [-0.39, 0.29) is 11.8 Å². The van der Waals surface area contributed by atoms with E-state index in [1.165, 1.54) is 44.1 Å². The van der Waals surface area contributed by atoms with E-state index in [1.807, 2.05) is 36.5 Å². The molecule has 1 atom stereocenters. The number of aromatic amines is 1. The smallest absolute Gasteiger partial charge is 0.251 e. The first-order valence-corrected chi connectivity index (χ1v) is 14.6. The van der Waals surface area contributed by atoms with Gasteiger partial charge in [0.2, 0.25) is 5.91 Å². The van der Waals surface area contributed by atoms with Crippen LogP contribution in [0.5, 0.6) is 0 Å². The molecule has 0 saturated heterocycles. The van der Waals surface area contributed by atoms with Gasteiger partial charge in [0.15, 0.2) is 0 Å². The van der Waals surface area contributed by atoms with Crippen LogP contribution < -0.4 is 10.6 Å². The average Bonchev–Trinajstić information content (AvgIpc) is 3.30. The van der Waals surface area contributed by atoms with E-state index in [4.69, 9.17) is 0 Å². The first-order chi connectivity index (χ1) is 18.4. The Hall–Kier alpha value is -3.08. The van der Waals surface area contributed by atoms with E-state index in [1.54, 1.807) is 0 Å². The summed E-state index contributed by atoms with van der Waals surface area (Å²) in [5.41, 5.74) is 4.42. The molecule has 2 aromatic carbocycles. The van der Waals surface area contributed by atoms with E-state index in [2.05, 4.69) is 47.7 Å². The van der Waals surface area contributed by atoms with Crippen molar-refractivity contribution >= 4 is 22.7 Å². The SMILES string of the molecule is CC(C)CCNC(=O)[C@@H](Cc1c[nH]c2ccccc12)NC(=O)c1ccc(C23CC4CC(CC(C4)C2)C3)cc1. The molecular weight excluding hydrogens is 470 g/mol. The molecule has 38 heavy (non-hydrogen) atoms. The molecule has 1 heterocycles. The van der Waals surface area contributed by atoms with Crippen LogP contribution in [0.25, 0.3) is 10.9 Å². The molecule has 3 aromatic rings. The van der Waals surface area contributed by atoms with Crippen LogP contribution >= 0.6 is 0 Å². The number of nitrogens with one attached hydrogen (secondary N) is 3. The number of carbonyl (C=O) groups excluding carboxylic acids is 2. The summed E-state index contributed by atoms with van der Waals surface area (Å²) in [6.45, 7) is 4.89. The van der Waals surface area contributed by atoms with Gasteiger partial charge in [-0.05, 0) is 103 Å². The van der Waals surface area contributed by atoms with Gasteiger partial charge in [-0.2, -0.15) is 0 Å². The fraction of sp³-hybridized carbons (Fsp3) is 0.515. The zero-order valence-electron chi connectivity index (χ0n) is 22.8. The van der Waals surface area contributed by atoms with Crippen molar-refractivity contribution < 1.29 is 9.59 Å². The summed E-state index contributed by atoms with van der Waals surface area (Å²) in [5.74, 6) is 2.86. The molecule has 4 fully saturated rings. The number of carbonyl (C=O) groups is 2. The standard InChI is InChI=1S/C33H41N3O2/c1-21(2)11-12-34-32(38)30(16-26-20-35-29-6-4-3-5-28(26)29)36-31(37)25-7-9-27(10-8-25)33-17-22-13-23(18-33)15-24(14-22)19-33/h3-10,20-24,30,35H,11-19H2,1-2H3,(H,34,38)(H,36,37)/t22?,23?,24?,30-,33?/m1/s1. The maximum Gasteiger partial charge on any atom is 0.251 e. The Morgan fingerprint density at radius 2 is 1.61 bits per heavy atom. The molecule has 0 aliphatic heterocycles. The van der Waals surface area contributed by atoms with Crippen LogP contribution in [0.3, 0.4) is 0 Å². The Balaban J connectivity index is 1.18. The van der Waals surface area contributed by atoms with Crippen molar-refractivity contribution in [2.75, 3.05) is 6.54 Å². The normalized spacial score (nSPS) is 26.6. The molecule has 0 unspecified atom stereocenters. The quantitative estimate of drug-likeness (QED) is 0.323. The number of H-pyrrole nitrogens is 1. The third kappa shape index (κ3) is 5.00. The van der Waals surface area contributed by atoms with E-state index in [0.717, 1.165) is 40.6 Å². The Labute approximate surface area is 226 Å². The molecule has 0 spiro atoms. The summed E-state index contributed by atoms with van der Waals surface area (Å²) in [6.07, 6.45) is 11.5. The van der Waals surface area contributed by atoms with Crippen LogP contribution in [-0.4, -0.2) is 29.4 Å². The maximum atomic E-state index is 13.4. The maximum absolute atomic E-state index is 13.4. The Morgan fingerprint density at radius 3 is 2.26 bits per heavy atom. The predicted octanol–water partition coefficient (Wildman–Crippen LogP) is 6.14. The second-order valence-electron chi connectivity index (χ2n) is 12.8. The minimum absolute atomic E-state index is 0.130. The largest absolute Gasteiger partial charge is 0.361 e. The lowest BCUT2D eigenvalue weighted by Crippen LogP contribution is -2.49. The molecule has 5 nitrogen and oxygen atoms in total. The van der Waals surface area contributed by atoms with Crippen LogP contribution in [0.1, 0.15) is 80.3 Å². The summed E-state index contributed by atoms with van der Waals surface area (Å²) in [5, 5.41) is 7.20. The van der Waals surface area contributed by atoms with Crippen LogP contribution in [0.15, 0.2) is 54.7 Å². The fourth-order valence-corrected chi connectivity index (χ4v) is 8.02. The number of amides is 2.